The molecule has 0 saturated heterocycles. The van der Waals surface area contributed by atoms with Crippen LogP contribution in [0.4, 0.5) is 5.95 Å². The van der Waals surface area contributed by atoms with E-state index in [1.165, 1.54) is 6.92 Å². The van der Waals surface area contributed by atoms with E-state index < -0.39 is 19.8 Å². The smallest absolute Gasteiger partial charge is 0.459 e. The molecule has 37 heavy (non-hydrogen) atoms. The molecule has 3 aromatic rings. The Morgan fingerprint density at radius 3 is 2.65 bits per heavy atom. The Morgan fingerprint density at radius 2 is 1.95 bits per heavy atom. The van der Waals surface area contributed by atoms with Gasteiger partial charge in [0.15, 0.2) is 10.8 Å². The molecule has 2 aromatic heterocycles. The summed E-state index contributed by atoms with van der Waals surface area (Å²) in [6.45, 7) is 5.04. The van der Waals surface area contributed by atoms with E-state index in [0.29, 0.717) is 22.6 Å². The molecular weight excluding hydrogens is 542 g/mol. The summed E-state index contributed by atoms with van der Waals surface area (Å²) in [5.74, 6) is -0.369. The third-order valence-electron chi connectivity index (χ3n) is 5.46. The topological polar surface area (TPSA) is 143 Å². The summed E-state index contributed by atoms with van der Waals surface area (Å²) in [4.78, 5) is 24.8. The van der Waals surface area contributed by atoms with Crippen LogP contribution < -0.4 is 15.3 Å². The minimum absolute atomic E-state index is 0.0533. The van der Waals surface area contributed by atoms with E-state index in [4.69, 9.17) is 42.7 Å². The molecule has 0 spiro atoms. The zero-order valence-electron chi connectivity index (χ0n) is 20.4. The van der Waals surface area contributed by atoms with Gasteiger partial charge in [-0.25, -0.2) is 9.55 Å². The van der Waals surface area contributed by atoms with Crippen molar-refractivity contribution in [3.8, 4) is 5.75 Å². The quantitative estimate of drug-likeness (QED) is 0.149. The molecule has 1 aliphatic rings. The van der Waals surface area contributed by atoms with Gasteiger partial charge in [-0.3, -0.25) is 9.32 Å². The van der Waals surface area contributed by atoms with Crippen molar-refractivity contribution in [1.82, 2.24) is 24.6 Å². The Hall–Kier alpha value is -2.69. The number of nitrogens with zero attached hydrogens (tertiary/aromatic N) is 4. The number of imidazole rings is 1. The molecule has 14 heteroatoms. The molecule has 0 saturated carbocycles. The number of benzene rings is 1. The van der Waals surface area contributed by atoms with Crippen molar-refractivity contribution in [3.05, 3.63) is 52.9 Å². The van der Waals surface area contributed by atoms with E-state index in [1.807, 2.05) is 16.7 Å². The van der Waals surface area contributed by atoms with Crippen LogP contribution in [0.15, 0.2) is 42.7 Å². The second-order valence-electron chi connectivity index (χ2n) is 8.82. The zero-order valence-corrected chi connectivity index (χ0v) is 22.8. The lowest BCUT2D eigenvalue weighted by Crippen LogP contribution is -2.36. The second kappa shape index (κ2) is 11.4. The number of fused-ring (bicyclic) bond motifs is 1. The van der Waals surface area contributed by atoms with E-state index in [2.05, 4.69) is 20.0 Å². The first-order valence-electron chi connectivity index (χ1n) is 11.5. The Morgan fingerprint density at radius 1 is 1.22 bits per heavy atom. The van der Waals surface area contributed by atoms with Gasteiger partial charge in [0, 0.05) is 10.9 Å². The van der Waals surface area contributed by atoms with E-state index in [-0.39, 0.29) is 41.5 Å². The maximum absolute atomic E-state index is 13.7. The number of nitrogens with two attached hydrogens (primary N) is 1. The number of allylic oxidation sites excluding steroid dienone is 1. The summed E-state index contributed by atoms with van der Waals surface area (Å²) in [5, 5.41) is 3.35. The van der Waals surface area contributed by atoms with Crippen LogP contribution in [-0.4, -0.2) is 44.2 Å². The van der Waals surface area contributed by atoms with Crippen LogP contribution in [-0.2, 0) is 18.6 Å². The molecule has 4 atom stereocenters. The highest BCUT2D eigenvalue weighted by Crippen LogP contribution is 2.46. The van der Waals surface area contributed by atoms with Crippen LogP contribution in [0.1, 0.15) is 33.2 Å². The van der Waals surface area contributed by atoms with Gasteiger partial charge in [0.25, 0.3) is 0 Å². The van der Waals surface area contributed by atoms with E-state index >= 15 is 0 Å². The van der Waals surface area contributed by atoms with Crippen LogP contribution in [0.3, 0.4) is 0 Å². The number of anilines is 1. The average molecular weight is 569 g/mol. The Kier molecular flexibility index (Phi) is 8.40. The van der Waals surface area contributed by atoms with Crippen molar-refractivity contribution in [2.75, 3.05) is 12.3 Å². The first-order valence-corrected chi connectivity index (χ1v) is 13.8. The van der Waals surface area contributed by atoms with Crippen molar-refractivity contribution >= 4 is 54.0 Å². The molecule has 0 aliphatic heterocycles. The van der Waals surface area contributed by atoms with Crippen LogP contribution in [0.2, 0.25) is 10.2 Å². The fraction of sp³-hybridized carbons (Fsp3) is 0.391. The number of carbonyl (C=O) groups is 1. The second-order valence-corrected chi connectivity index (χ2v) is 11.3. The third kappa shape index (κ3) is 6.80. The Labute approximate surface area is 223 Å². The predicted octanol–water partition coefficient (Wildman–Crippen LogP) is 4.97. The standard InChI is InChI=1S/C23H27Cl2N6O5P/c1-13(2)35-22(32)14(3)30-37(33,36-18-8-5-16(24)6-9-18)34-11-15-4-7-17(10-15)31-12-27-19-20(25)28-23(26)29-21(19)31/h4-9,12-15,17H,10-11H2,1-3H3,(H,30,33)(H2,26,28,29)/t14-,15+,17-,37?/m0/s1. The van der Waals surface area contributed by atoms with Crippen LogP contribution in [0.25, 0.3) is 11.2 Å². The maximum Gasteiger partial charge on any atom is 0.459 e. The van der Waals surface area contributed by atoms with E-state index in [1.54, 1.807) is 44.4 Å². The number of rotatable bonds is 10. The number of halogens is 2. The summed E-state index contributed by atoms with van der Waals surface area (Å²) in [6.07, 6.45) is 5.83. The molecule has 198 valence electrons. The molecular formula is C23H27Cl2N6O5P. The summed E-state index contributed by atoms with van der Waals surface area (Å²) in [6, 6.07) is 5.27. The van der Waals surface area contributed by atoms with Gasteiger partial charge in [-0.1, -0.05) is 35.4 Å². The highest BCUT2D eigenvalue weighted by molar-refractivity contribution is 7.52. The molecule has 0 bridgehead atoms. The lowest BCUT2D eigenvalue weighted by molar-refractivity contribution is -0.149. The van der Waals surface area contributed by atoms with Gasteiger partial charge in [-0.2, -0.15) is 15.1 Å². The molecule has 0 amide bonds. The zero-order chi connectivity index (χ0) is 26.7. The molecule has 0 fully saturated rings. The number of nitrogen functional groups attached to an aromatic ring is 1. The van der Waals surface area contributed by atoms with Gasteiger partial charge < -0.3 is 19.6 Å². The fourth-order valence-corrected chi connectivity index (χ4v) is 5.66. The van der Waals surface area contributed by atoms with Crippen molar-refractivity contribution in [3.63, 3.8) is 0 Å². The van der Waals surface area contributed by atoms with Crippen LogP contribution >= 0.6 is 30.9 Å². The Balaban J connectivity index is 1.46. The first-order chi connectivity index (χ1) is 17.5. The molecule has 1 aliphatic carbocycles. The number of hydrogen-bond acceptors (Lipinski definition) is 9. The third-order valence-corrected chi connectivity index (χ3v) is 7.62. The molecule has 2 heterocycles. The summed E-state index contributed by atoms with van der Waals surface area (Å²) < 4.78 is 32.3. The van der Waals surface area contributed by atoms with Crippen molar-refractivity contribution in [2.24, 2.45) is 5.92 Å². The van der Waals surface area contributed by atoms with Gasteiger partial charge >= 0.3 is 13.7 Å². The number of esters is 1. The largest absolute Gasteiger partial charge is 0.462 e. The number of nitrogens with one attached hydrogen (secondary N) is 1. The lowest BCUT2D eigenvalue weighted by atomic mass is 10.1. The maximum atomic E-state index is 13.7. The highest BCUT2D eigenvalue weighted by Gasteiger charge is 2.34. The molecule has 0 radical (unpaired) electrons. The lowest BCUT2D eigenvalue weighted by Gasteiger charge is -2.24. The van der Waals surface area contributed by atoms with Crippen LogP contribution in [0, 0.1) is 5.92 Å². The molecule has 3 N–H and O–H groups in total. The van der Waals surface area contributed by atoms with Crippen molar-refractivity contribution in [1.29, 1.82) is 0 Å². The Bertz CT molecular complexity index is 1350. The van der Waals surface area contributed by atoms with Crippen molar-refractivity contribution < 1.29 is 23.1 Å². The normalized spacial score (nSPS) is 19.7. The highest BCUT2D eigenvalue weighted by atomic mass is 35.5. The SMILES string of the molecule is CC(C)OC(=O)[C@H](C)NP(=O)(OC[C@@H]1C=C[C@H](n2cnc3c(Cl)nc(N)nc32)C1)Oc1ccc(Cl)cc1. The van der Waals surface area contributed by atoms with Gasteiger partial charge in [-0.05, 0) is 51.5 Å². The summed E-state index contributed by atoms with van der Waals surface area (Å²) in [5.41, 5.74) is 6.73. The predicted molar refractivity (Wildman–Crippen MR) is 140 cm³/mol. The molecule has 4 rings (SSSR count). The first kappa shape index (κ1) is 27.3. The van der Waals surface area contributed by atoms with Gasteiger partial charge in [0.1, 0.15) is 17.3 Å². The van der Waals surface area contributed by atoms with Crippen molar-refractivity contribution in [2.45, 2.75) is 45.4 Å². The van der Waals surface area contributed by atoms with E-state index in [0.717, 1.165) is 0 Å². The van der Waals surface area contributed by atoms with Gasteiger partial charge in [-0.15, -0.1) is 0 Å². The van der Waals surface area contributed by atoms with Crippen LogP contribution in [0.5, 0.6) is 5.75 Å². The number of ether oxygens (including phenoxy) is 1. The summed E-state index contributed by atoms with van der Waals surface area (Å²) in [7, 11) is -4.00. The number of carbonyl (C=O) groups excluding carboxylic acids is 1. The minimum Gasteiger partial charge on any atom is -0.462 e. The fourth-order valence-electron chi connectivity index (χ4n) is 3.77. The average Bonchev–Trinajstić information content (AvgIpc) is 3.46. The number of hydrogen-bond donors (Lipinski definition) is 2. The van der Waals surface area contributed by atoms with Gasteiger partial charge in [0.2, 0.25) is 5.95 Å². The molecule has 1 unspecified atom stereocenters. The number of aromatic nitrogens is 4. The monoisotopic (exact) mass is 568 g/mol. The summed E-state index contributed by atoms with van der Waals surface area (Å²) >= 11 is 12.1. The molecule has 11 nitrogen and oxygen atoms in total. The molecule has 1 aromatic carbocycles. The van der Waals surface area contributed by atoms with E-state index in [9.17, 15) is 9.36 Å². The van der Waals surface area contributed by atoms with Gasteiger partial charge in [0.05, 0.1) is 25.1 Å². The minimum atomic E-state index is -4.00.